The van der Waals surface area contributed by atoms with Crippen LogP contribution in [0.5, 0.6) is 28.7 Å². The molecule has 1 amide bonds. The number of anilines is 1. The second kappa shape index (κ2) is 11.3. The summed E-state index contributed by atoms with van der Waals surface area (Å²) < 4.78 is 27.8. The van der Waals surface area contributed by atoms with Gasteiger partial charge in [0.2, 0.25) is 0 Å². The number of pyridine rings is 1. The monoisotopic (exact) mass is 551 g/mol. The fraction of sp³-hybridized carbons (Fsp3) is 0.160. The first-order valence-corrected chi connectivity index (χ1v) is 12.2. The summed E-state index contributed by atoms with van der Waals surface area (Å²) in [5.41, 5.74) is 7.06. The highest BCUT2D eigenvalue weighted by atomic mass is 32.1. The number of aromatic nitrogens is 1. The Hall–Kier alpha value is -4.49. The van der Waals surface area contributed by atoms with Crippen molar-refractivity contribution in [3.63, 3.8) is 0 Å². The minimum atomic E-state index is -0.440. The van der Waals surface area contributed by atoms with Gasteiger partial charge in [-0.15, -0.1) is 0 Å². The largest absolute Gasteiger partial charge is 0.486 e. The molecule has 194 valence electrons. The number of thiocarbonyl (C=S) groups is 2. The Bertz CT molecular complexity index is 1450. The van der Waals surface area contributed by atoms with Crippen molar-refractivity contribution in [2.45, 2.75) is 0 Å². The second-order valence-corrected chi connectivity index (χ2v) is 8.60. The number of nitrogens with two attached hydrogens (primary N) is 1. The average molecular weight is 552 g/mol. The molecule has 3 aromatic rings. The molecule has 1 aromatic heterocycles. The van der Waals surface area contributed by atoms with Crippen LogP contribution in [0.25, 0.3) is 0 Å². The SMILES string of the molecule is NC(=NC(=S)Oc1cccnc1NC(=S)NC(=O)c1ccc2c(c1)OCCO2)c1ccc2c(c1)OCCO2. The molecule has 0 atom stereocenters. The van der Waals surface area contributed by atoms with E-state index >= 15 is 0 Å². The van der Waals surface area contributed by atoms with Crippen molar-refractivity contribution < 1.29 is 28.5 Å². The van der Waals surface area contributed by atoms with Gasteiger partial charge in [-0.25, -0.2) is 4.98 Å². The van der Waals surface area contributed by atoms with Gasteiger partial charge in [-0.1, -0.05) is 0 Å². The van der Waals surface area contributed by atoms with Gasteiger partial charge in [0.25, 0.3) is 11.1 Å². The van der Waals surface area contributed by atoms with Gasteiger partial charge < -0.3 is 34.7 Å². The maximum atomic E-state index is 12.7. The van der Waals surface area contributed by atoms with E-state index in [4.69, 9.17) is 53.9 Å². The number of nitrogens with zero attached hydrogens (tertiary/aromatic N) is 2. The van der Waals surface area contributed by atoms with Crippen LogP contribution in [-0.4, -0.2) is 53.4 Å². The van der Waals surface area contributed by atoms with Crippen LogP contribution >= 0.6 is 24.4 Å². The summed E-state index contributed by atoms with van der Waals surface area (Å²) in [6, 6.07) is 13.3. The highest BCUT2D eigenvalue weighted by Crippen LogP contribution is 2.31. The van der Waals surface area contributed by atoms with Crippen molar-refractivity contribution in [3.05, 3.63) is 65.9 Å². The number of hydrogen-bond donors (Lipinski definition) is 3. The number of ether oxygens (including phenoxy) is 5. The van der Waals surface area contributed by atoms with E-state index in [2.05, 4.69) is 20.6 Å². The molecule has 0 saturated carbocycles. The van der Waals surface area contributed by atoms with Crippen molar-refractivity contribution in [2.24, 2.45) is 10.7 Å². The lowest BCUT2D eigenvalue weighted by molar-refractivity contribution is 0.0976. The van der Waals surface area contributed by atoms with Crippen LogP contribution < -0.4 is 40.1 Å². The Morgan fingerprint density at radius 2 is 1.50 bits per heavy atom. The predicted molar refractivity (Wildman–Crippen MR) is 147 cm³/mol. The summed E-state index contributed by atoms with van der Waals surface area (Å²) in [4.78, 5) is 21.1. The molecule has 11 nitrogen and oxygen atoms in total. The Labute approximate surface area is 227 Å². The lowest BCUT2D eigenvalue weighted by atomic mass is 10.2. The molecule has 0 saturated heterocycles. The average Bonchev–Trinajstić information content (AvgIpc) is 2.93. The summed E-state index contributed by atoms with van der Waals surface area (Å²) >= 11 is 10.6. The molecular formula is C25H21N5O6S2. The Kier molecular flexibility index (Phi) is 7.47. The summed E-state index contributed by atoms with van der Waals surface area (Å²) in [6.45, 7) is 1.81. The lowest BCUT2D eigenvalue weighted by Crippen LogP contribution is -2.34. The molecule has 2 aliphatic heterocycles. The standard InChI is InChI=1S/C25H21N5O6S2/c26-21(14-3-5-16-19(12-14)34-10-8-32-16)28-25(38)36-18-2-1-7-27-22(18)29-24(37)30-23(31)15-4-6-17-20(13-15)35-11-9-33-17/h1-7,12-13H,8-11H2,(H2,26,28,38)(H2,27,29,30,31,37). The quantitative estimate of drug-likeness (QED) is 0.251. The van der Waals surface area contributed by atoms with Crippen molar-refractivity contribution in [2.75, 3.05) is 31.7 Å². The third kappa shape index (κ3) is 5.90. The van der Waals surface area contributed by atoms with Crippen LogP contribution in [-0.2, 0) is 0 Å². The highest BCUT2D eigenvalue weighted by Gasteiger charge is 2.17. The lowest BCUT2D eigenvalue weighted by Gasteiger charge is -2.19. The van der Waals surface area contributed by atoms with Gasteiger partial charge in [-0.3, -0.25) is 10.1 Å². The number of benzene rings is 2. The van der Waals surface area contributed by atoms with E-state index in [1.54, 1.807) is 48.5 Å². The summed E-state index contributed by atoms with van der Waals surface area (Å²) in [7, 11) is 0. The fourth-order valence-electron chi connectivity index (χ4n) is 3.55. The molecule has 2 aromatic carbocycles. The highest BCUT2D eigenvalue weighted by molar-refractivity contribution is 7.80. The first-order valence-electron chi connectivity index (χ1n) is 11.4. The zero-order valence-corrected chi connectivity index (χ0v) is 21.4. The van der Waals surface area contributed by atoms with E-state index in [-0.39, 0.29) is 27.7 Å². The topological polar surface area (TPSA) is 139 Å². The van der Waals surface area contributed by atoms with E-state index in [1.807, 2.05) is 0 Å². The van der Waals surface area contributed by atoms with Crippen LogP contribution in [0.3, 0.4) is 0 Å². The maximum Gasteiger partial charge on any atom is 0.291 e. The van der Waals surface area contributed by atoms with Gasteiger partial charge in [-0.2, -0.15) is 4.99 Å². The van der Waals surface area contributed by atoms with Gasteiger partial charge >= 0.3 is 0 Å². The smallest absolute Gasteiger partial charge is 0.291 e. The van der Waals surface area contributed by atoms with Crippen LogP contribution in [0.4, 0.5) is 5.82 Å². The van der Waals surface area contributed by atoms with Crippen molar-refractivity contribution in [1.29, 1.82) is 0 Å². The first kappa shape index (κ1) is 25.2. The Morgan fingerprint density at radius 3 is 2.18 bits per heavy atom. The summed E-state index contributed by atoms with van der Waals surface area (Å²) in [5.74, 6) is 2.42. The number of nitrogens with one attached hydrogen (secondary N) is 2. The molecule has 0 unspecified atom stereocenters. The molecule has 0 radical (unpaired) electrons. The normalized spacial score (nSPS) is 13.7. The Morgan fingerprint density at radius 1 is 0.895 bits per heavy atom. The molecular weight excluding hydrogens is 530 g/mol. The molecule has 4 N–H and O–H groups in total. The number of rotatable bonds is 4. The minimum Gasteiger partial charge on any atom is -0.486 e. The predicted octanol–water partition coefficient (Wildman–Crippen LogP) is 2.82. The van der Waals surface area contributed by atoms with Gasteiger partial charge in [0, 0.05) is 17.3 Å². The van der Waals surface area contributed by atoms with Gasteiger partial charge in [0.15, 0.2) is 39.7 Å². The third-order valence-electron chi connectivity index (χ3n) is 5.28. The zero-order valence-electron chi connectivity index (χ0n) is 19.8. The van der Waals surface area contributed by atoms with Crippen LogP contribution in [0.15, 0.2) is 59.7 Å². The summed E-state index contributed by atoms with van der Waals surface area (Å²) in [5, 5.41) is 5.28. The Balaban J connectivity index is 1.22. The van der Waals surface area contributed by atoms with Crippen LogP contribution in [0, 0.1) is 0 Å². The van der Waals surface area contributed by atoms with E-state index < -0.39 is 5.91 Å². The molecule has 0 aliphatic carbocycles. The molecule has 13 heteroatoms. The van der Waals surface area contributed by atoms with E-state index in [0.717, 1.165) is 0 Å². The molecule has 2 aliphatic rings. The zero-order chi connectivity index (χ0) is 26.5. The molecule has 38 heavy (non-hydrogen) atoms. The molecule has 0 fully saturated rings. The van der Waals surface area contributed by atoms with E-state index in [1.165, 1.54) is 6.20 Å². The number of carbonyl (C=O) groups excluding carboxylic acids is 1. The number of aliphatic imine (C=N–C) groups is 1. The number of carbonyl (C=O) groups is 1. The van der Waals surface area contributed by atoms with Crippen molar-refractivity contribution in [1.82, 2.24) is 10.3 Å². The second-order valence-electron chi connectivity index (χ2n) is 7.84. The van der Waals surface area contributed by atoms with E-state index in [0.29, 0.717) is 60.6 Å². The summed E-state index contributed by atoms with van der Waals surface area (Å²) in [6.07, 6.45) is 1.52. The number of fused-ring (bicyclic) bond motifs is 2. The number of hydrogen-bond acceptors (Lipinski definition) is 9. The van der Waals surface area contributed by atoms with Gasteiger partial charge in [0.1, 0.15) is 32.3 Å². The van der Waals surface area contributed by atoms with Gasteiger partial charge in [0.05, 0.1) is 0 Å². The molecule has 3 heterocycles. The third-order valence-corrected chi connectivity index (χ3v) is 5.66. The fourth-order valence-corrected chi connectivity index (χ4v) is 3.93. The molecule has 0 bridgehead atoms. The number of amides is 1. The van der Waals surface area contributed by atoms with Crippen LogP contribution in [0.1, 0.15) is 15.9 Å². The van der Waals surface area contributed by atoms with Gasteiger partial charge in [-0.05, 0) is 73.0 Å². The molecule has 5 rings (SSSR count). The maximum absolute atomic E-state index is 12.7. The number of amidine groups is 1. The van der Waals surface area contributed by atoms with Crippen molar-refractivity contribution in [3.8, 4) is 28.7 Å². The molecule has 0 spiro atoms. The van der Waals surface area contributed by atoms with E-state index in [9.17, 15) is 4.79 Å². The van der Waals surface area contributed by atoms with Crippen LogP contribution in [0.2, 0.25) is 0 Å². The van der Waals surface area contributed by atoms with Crippen molar-refractivity contribution >= 4 is 52.3 Å². The minimum absolute atomic E-state index is 0.00125. The first-order chi connectivity index (χ1) is 18.5.